The van der Waals surface area contributed by atoms with Gasteiger partial charge < -0.3 is 0 Å². The fourth-order valence-corrected chi connectivity index (χ4v) is 2.94. The van der Waals surface area contributed by atoms with Gasteiger partial charge in [0.05, 0.1) is 5.75 Å². The van der Waals surface area contributed by atoms with Crippen LogP contribution in [0.1, 0.15) is 20.3 Å². The Balaban J connectivity index is 2.80. The summed E-state index contributed by atoms with van der Waals surface area (Å²) in [6, 6.07) is 0. The number of rotatable bonds is 2. The van der Waals surface area contributed by atoms with Gasteiger partial charge in [0.25, 0.3) is 0 Å². The van der Waals surface area contributed by atoms with Gasteiger partial charge in [-0.3, -0.25) is 0 Å². The molecule has 3 nitrogen and oxygen atoms in total. The molecule has 0 aromatic rings. The molecule has 0 amide bonds. The Kier molecular flexibility index (Phi) is 3.54. The van der Waals surface area contributed by atoms with Crippen LogP contribution >= 0.6 is 15.9 Å². The number of sulfonamides is 1. The normalized spacial score (nSPS) is 20.8. The highest BCUT2D eigenvalue weighted by Gasteiger charge is 2.24. The van der Waals surface area contributed by atoms with Crippen molar-refractivity contribution >= 4 is 26.0 Å². The van der Waals surface area contributed by atoms with E-state index in [4.69, 9.17) is 0 Å². The van der Waals surface area contributed by atoms with Crippen LogP contribution in [0.15, 0.2) is 10.1 Å². The predicted molar refractivity (Wildman–Crippen MR) is 57.3 cm³/mol. The van der Waals surface area contributed by atoms with Crippen molar-refractivity contribution < 1.29 is 8.42 Å². The lowest BCUT2D eigenvalue weighted by atomic mass is 10.1. The first-order valence-corrected chi connectivity index (χ1v) is 6.69. The van der Waals surface area contributed by atoms with Crippen LogP contribution in [0, 0.1) is 0 Å². The molecular weight excluding hydrogens is 254 g/mol. The molecule has 0 aliphatic carbocycles. The Morgan fingerprint density at radius 3 is 2.62 bits per heavy atom. The summed E-state index contributed by atoms with van der Waals surface area (Å²) in [4.78, 5) is 0. The van der Waals surface area contributed by atoms with Crippen LogP contribution in [0.25, 0.3) is 0 Å². The predicted octanol–water partition coefficient (Wildman–Crippen LogP) is 1.71. The van der Waals surface area contributed by atoms with Crippen molar-refractivity contribution in [1.82, 2.24) is 4.31 Å². The summed E-state index contributed by atoms with van der Waals surface area (Å²) < 4.78 is 25.5. The zero-order valence-electron chi connectivity index (χ0n) is 7.88. The second-order valence-electron chi connectivity index (χ2n) is 3.17. The van der Waals surface area contributed by atoms with Crippen molar-refractivity contribution in [2.75, 3.05) is 18.8 Å². The van der Waals surface area contributed by atoms with E-state index >= 15 is 0 Å². The van der Waals surface area contributed by atoms with Crippen molar-refractivity contribution in [3.63, 3.8) is 0 Å². The molecule has 0 fully saturated rings. The zero-order valence-corrected chi connectivity index (χ0v) is 10.3. The molecule has 0 bridgehead atoms. The molecule has 0 aromatic heterocycles. The van der Waals surface area contributed by atoms with Gasteiger partial charge in [0.15, 0.2) is 0 Å². The molecule has 0 atom stereocenters. The van der Waals surface area contributed by atoms with Crippen molar-refractivity contribution in [2.24, 2.45) is 0 Å². The van der Waals surface area contributed by atoms with Crippen LogP contribution in [-0.4, -0.2) is 31.6 Å². The summed E-state index contributed by atoms with van der Waals surface area (Å²) in [7, 11) is -3.01. The molecule has 0 saturated heterocycles. The van der Waals surface area contributed by atoms with Crippen molar-refractivity contribution in [3.8, 4) is 0 Å². The molecule has 0 unspecified atom stereocenters. The topological polar surface area (TPSA) is 37.4 Å². The van der Waals surface area contributed by atoms with Gasteiger partial charge in [0, 0.05) is 17.6 Å². The number of hydrogen-bond acceptors (Lipinski definition) is 2. The monoisotopic (exact) mass is 267 g/mol. The zero-order chi connectivity index (χ0) is 10.1. The standard InChI is InChI=1S/C8H14BrNO2S/c1-3-13(11,12)10-5-4-7(2)8(9)6-10/h3-6H2,1-2H3. The van der Waals surface area contributed by atoms with Crippen LogP contribution in [0.5, 0.6) is 0 Å². The van der Waals surface area contributed by atoms with E-state index in [9.17, 15) is 8.42 Å². The van der Waals surface area contributed by atoms with Crippen LogP contribution in [0.2, 0.25) is 0 Å². The highest BCUT2D eigenvalue weighted by Crippen LogP contribution is 2.23. The molecule has 0 radical (unpaired) electrons. The van der Waals surface area contributed by atoms with Crippen LogP contribution in [0.4, 0.5) is 0 Å². The first kappa shape index (κ1) is 11.2. The van der Waals surface area contributed by atoms with Gasteiger partial charge in [-0.15, -0.1) is 0 Å². The minimum atomic E-state index is -3.01. The quantitative estimate of drug-likeness (QED) is 0.764. The van der Waals surface area contributed by atoms with E-state index in [1.807, 2.05) is 6.92 Å². The molecular formula is C8H14BrNO2S. The van der Waals surface area contributed by atoms with Crippen LogP contribution in [0.3, 0.4) is 0 Å². The first-order chi connectivity index (χ1) is 5.97. The van der Waals surface area contributed by atoms with Crippen molar-refractivity contribution in [2.45, 2.75) is 20.3 Å². The third kappa shape index (κ3) is 2.54. The summed E-state index contributed by atoms with van der Waals surface area (Å²) >= 11 is 3.39. The molecule has 1 aliphatic rings. The SMILES string of the molecule is CCS(=O)(=O)N1CCC(C)=C(Br)C1. The Labute approximate surface area is 88.0 Å². The van der Waals surface area contributed by atoms with Gasteiger partial charge in [0.2, 0.25) is 10.0 Å². The summed E-state index contributed by atoms with van der Waals surface area (Å²) in [5.41, 5.74) is 1.25. The van der Waals surface area contributed by atoms with Gasteiger partial charge >= 0.3 is 0 Å². The molecule has 0 aromatic carbocycles. The molecule has 13 heavy (non-hydrogen) atoms. The van der Waals surface area contributed by atoms with Gasteiger partial charge in [-0.25, -0.2) is 8.42 Å². The Morgan fingerprint density at radius 1 is 1.54 bits per heavy atom. The maximum atomic E-state index is 11.5. The Bertz CT molecular complexity index is 321. The number of nitrogens with zero attached hydrogens (tertiary/aromatic N) is 1. The van der Waals surface area contributed by atoms with E-state index in [1.165, 1.54) is 9.88 Å². The summed E-state index contributed by atoms with van der Waals surface area (Å²) in [6.07, 6.45) is 0.833. The first-order valence-electron chi connectivity index (χ1n) is 4.29. The molecule has 1 aliphatic heterocycles. The lowest BCUT2D eigenvalue weighted by molar-refractivity contribution is 0.430. The summed E-state index contributed by atoms with van der Waals surface area (Å²) in [5, 5.41) is 0. The van der Waals surface area contributed by atoms with Crippen LogP contribution < -0.4 is 0 Å². The average Bonchev–Trinajstić information content (AvgIpc) is 2.09. The number of halogens is 1. The molecule has 1 rings (SSSR count). The second kappa shape index (κ2) is 4.11. The van der Waals surface area contributed by atoms with Crippen molar-refractivity contribution in [3.05, 3.63) is 10.1 Å². The molecule has 0 N–H and O–H groups in total. The van der Waals surface area contributed by atoms with Crippen LogP contribution in [-0.2, 0) is 10.0 Å². The minimum Gasteiger partial charge on any atom is -0.212 e. The lowest BCUT2D eigenvalue weighted by Crippen LogP contribution is -2.36. The van der Waals surface area contributed by atoms with E-state index in [2.05, 4.69) is 15.9 Å². The maximum Gasteiger partial charge on any atom is 0.214 e. The smallest absolute Gasteiger partial charge is 0.212 e. The third-order valence-corrected chi connectivity index (χ3v) is 5.03. The maximum absolute atomic E-state index is 11.5. The van der Waals surface area contributed by atoms with E-state index in [-0.39, 0.29) is 5.75 Å². The Hall–Kier alpha value is 0.130. The second-order valence-corrected chi connectivity index (χ2v) is 6.38. The summed E-state index contributed by atoms with van der Waals surface area (Å²) in [5.74, 6) is 0.187. The largest absolute Gasteiger partial charge is 0.214 e. The van der Waals surface area contributed by atoms with E-state index in [0.29, 0.717) is 13.1 Å². The fourth-order valence-electron chi connectivity index (χ4n) is 1.22. The van der Waals surface area contributed by atoms with Gasteiger partial charge in [-0.2, -0.15) is 4.31 Å². The minimum absolute atomic E-state index is 0.187. The van der Waals surface area contributed by atoms with Gasteiger partial charge in [-0.05, 0) is 20.3 Å². The molecule has 76 valence electrons. The molecule has 0 saturated carbocycles. The van der Waals surface area contributed by atoms with E-state index < -0.39 is 10.0 Å². The van der Waals surface area contributed by atoms with Gasteiger partial charge in [0.1, 0.15) is 0 Å². The molecule has 5 heteroatoms. The van der Waals surface area contributed by atoms with Crippen molar-refractivity contribution in [1.29, 1.82) is 0 Å². The highest BCUT2D eigenvalue weighted by atomic mass is 79.9. The molecule has 0 spiro atoms. The fraction of sp³-hybridized carbons (Fsp3) is 0.750. The van der Waals surface area contributed by atoms with E-state index in [1.54, 1.807) is 6.92 Å². The van der Waals surface area contributed by atoms with Gasteiger partial charge in [-0.1, -0.05) is 21.5 Å². The number of hydrogen-bond donors (Lipinski definition) is 0. The third-order valence-electron chi connectivity index (χ3n) is 2.27. The highest BCUT2D eigenvalue weighted by molar-refractivity contribution is 9.11. The lowest BCUT2D eigenvalue weighted by Gasteiger charge is -2.26. The average molecular weight is 268 g/mol. The molecule has 1 heterocycles. The summed E-state index contributed by atoms with van der Waals surface area (Å²) in [6.45, 7) is 4.83. The van der Waals surface area contributed by atoms with E-state index in [0.717, 1.165) is 10.9 Å². The Morgan fingerprint density at radius 2 is 2.15 bits per heavy atom.